The highest BCUT2D eigenvalue weighted by Gasteiger charge is 2.10. The van der Waals surface area contributed by atoms with Gasteiger partial charge in [0.15, 0.2) is 0 Å². The SMILES string of the molecule is c1ccc(-c2ccc(-c3ccccc3)c(-c3ccccn3)c2)cc1. The van der Waals surface area contributed by atoms with Gasteiger partial charge in [-0.15, -0.1) is 0 Å². The van der Waals surface area contributed by atoms with E-state index in [0.29, 0.717) is 0 Å². The molecule has 0 aliphatic heterocycles. The van der Waals surface area contributed by atoms with Crippen LogP contribution in [0.15, 0.2) is 103 Å². The van der Waals surface area contributed by atoms with Crippen molar-refractivity contribution >= 4 is 0 Å². The standard InChI is InChI=1S/C23H17N/c1-3-9-18(10-4-1)20-14-15-21(19-11-5-2-6-12-19)22(17-20)23-13-7-8-16-24-23/h1-17H. The molecule has 0 bridgehead atoms. The Morgan fingerprint density at radius 3 is 1.79 bits per heavy atom. The molecule has 0 saturated heterocycles. The molecule has 24 heavy (non-hydrogen) atoms. The first-order chi connectivity index (χ1) is 11.9. The topological polar surface area (TPSA) is 12.9 Å². The average Bonchev–Trinajstić information content (AvgIpc) is 2.69. The van der Waals surface area contributed by atoms with Crippen molar-refractivity contribution in [2.75, 3.05) is 0 Å². The van der Waals surface area contributed by atoms with E-state index in [2.05, 4.69) is 77.8 Å². The number of benzene rings is 3. The van der Waals surface area contributed by atoms with Crippen molar-refractivity contribution in [2.45, 2.75) is 0 Å². The Hall–Kier alpha value is -3.19. The highest BCUT2D eigenvalue weighted by atomic mass is 14.7. The van der Waals surface area contributed by atoms with Gasteiger partial charge in [0, 0.05) is 11.8 Å². The van der Waals surface area contributed by atoms with Crippen LogP contribution in [-0.2, 0) is 0 Å². The van der Waals surface area contributed by atoms with Crippen molar-refractivity contribution in [1.82, 2.24) is 4.98 Å². The molecule has 0 atom stereocenters. The van der Waals surface area contributed by atoms with E-state index in [-0.39, 0.29) is 0 Å². The molecule has 0 fully saturated rings. The van der Waals surface area contributed by atoms with Crippen LogP contribution in [0.25, 0.3) is 33.5 Å². The van der Waals surface area contributed by atoms with Crippen LogP contribution in [0, 0.1) is 0 Å². The maximum atomic E-state index is 4.57. The quantitative estimate of drug-likeness (QED) is 0.447. The first-order valence-corrected chi connectivity index (χ1v) is 8.08. The maximum absolute atomic E-state index is 4.57. The minimum absolute atomic E-state index is 0.995. The Morgan fingerprint density at radius 2 is 1.12 bits per heavy atom. The van der Waals surface area contributed by atoms with Crippen molar-refractivity contribution in [3.05, 3.63) is 103 Å². The third-order valence-corrected chi connectivity index (χ3v) is 4.15. The van der Waals surface area contributed by atoms with Crippen LogP contribution in [0.4, 0.5) is 0 Å². The van der Waals surface area contributed by atoms with Gasteiger partial charge in [-0.25, -0.2) is 0 Å². The summed E-state index contributed by atoms with van der Waals surface area (Å²) in [5.41, 5.74) is 6.98. The fourth-order valence-corrected chi connectivity index (χ4v) is 2.96. The van der Waals surface area contributed by atoms with E-state index >= 15 is 0 Å². The predicted molar refractivity (Wildman–Crippen MR) is 101 cm³/mol. The molecule has 1 heterocycles. The fourth-order valence-electron chi connectivity index (χ4n) is 2.96. The van der Waals surface area contributed by atoms with Gasteiger partial charge in [-0.2, -0.15) is 0 Å². The van der Waals surface area contributed by atoms with E-state index in [1.807, 2.05) is 30.5 Å². The zero-order chi connectivity index (χ0) is 16.2. The molecule has 4 rings (SSSR count). The summed E-state index contributed by atoms with van der Waals surface area (Å²) in [5.74, 6) is 0. The van der Waals surface area contributed by atoms with Gasteiger partial charge in [-0.1, -0.05) is 78.9 Å². The maximum Gasteiger partial charge on any atom is 0.0708 e. The summed E-state index contributed by atoms with van der Waals surface area (Å²) in [6.45, 7) is 0. The van der Waals surface area contributed by atoms with E-state index in [1.165, 1.54) is 22.3 Å². The summed E-state index contributed by atoms with van der Waals surface area (Å²) in [6, 6.07) is 33.6. The van der Waals surface area contributed by atoms with Crippen LogP contribution in [0.3, 0.4) is 0 Å². The molecular formula is C23H17N. The molecule has 0 spiro atoms. The van der Waals surface area contributed by atoms with Crippen LogP contribution in [0.2, 0.25) is 0 Å². The Labute approximate surface area is 142 Å². The molecule has 0 aliphatic rings. The first-order valence-electron chi connectivity index (χ1n) is 8.08. The van der Waals surface area contributed by atoms with Gasteiger partial charge in [-0.05, 0) is 40.5 Å². The van der Waals surface area contributed by atoms with Gasteiger partial charge in [0.1, 0.15) is 0 Å². The summed E-state index contributed by atoms with van der Waals surface area (Å²) in [6.07, 6.45) is 1.85. The van der Waals surface area contributed by atoms with E-state index < -0.39 is 0 Å². The Morgan fingerprint density at radius 1 is 0.458 bits per heavy atom. The van der Waals surface area contributed by atoms with Crippen molar-refractivity contribution in [2.24, 2.45) is 0 Å². The number of hydrogen-bond donors (Lipinski definition) is 0. The molecule has 0 amide bonds. The lowest BCUT2D eigenvalue weighted by Gasteiger charge is -2.12. The predicted octanol–water partition coefficient (Wildman–Crippen LogP) is 6.08. The zero-order valence-electron chi connectivity index (χ0n) is 13.3. The second kappa shape index (κ2) is 6.51. The molecule has 0 N–H and O–H groups in total. The van der Waals surface area contributed by atoms with E-state index in [1.54, 1.807) is 0 Å². The van der Waals surface area contributed by atoms with Crippen LogP contribution in [0.1, 0.15) is 0 Å². The molecule has 0 unspecified atom stereocenters. The molecule has 1 aromatic heterocycles. The van der Waals surface area contributed by atoms with Crippen LogP contribution >= 0.6 is 0 Å². The lowest BCUT2D eigenvalue weighted by Crippen LogP contribution is -1.89. The molecular weight excluding hydrogens is 290 g/mol. The minimum Gasteiger partial charge on any atom is -0.256 e. The van der Waals surface area contributed by atoms with Crippen molar-refractivity contribution < 1.29 is 0 Å². The van der Waals surface area contributed by atoms with Gasteiger partial charge in [-0.3, -0.25) is 4.98 Å². The van der Waals surface area contributed by atoms with Gasteiger partial charge in [0.25, 0.3) is 0 Å². The smallest absolute Gasteiger partial charge is 0.0708 e. The molecule has 4 aromatic rings. The van der Waals surface area contributed by atoms with Gasteiger partial charge >= 0.3 is 0 Å². The van der Waals surface area contributed by atoms with Crippen LogP contribution in [-0.4, -0.2) is 4.98 Å². The Kier molecular flexibility index (Phi) is 3.91. The highest BCUT2D eigenvalue weighted by molar-refractivity contribution is 5.85. The van der Waals surface area contributed by atoms with Gasteiger partial charge < -0.3 is 0 Å². The van der Waals surface area contributed by atoms with E-state index in [4.69, 9.17) is 0 Å². The average molecular weight is 307 g/mol. The summed E-state index contributed by atoms with van der Waals surface area (Å²) < 4.78 is 0. The number of aromatic nitrogens is 1. The van der Waals surface area contributed by atoms with Crippen molar-refractivity contribution in [3.8, 4) is 33.5 Å². The largest absolute Gasteiger partial charge is 0.256 e. The Balaban J connectivity index is 1.92. The Bertz CT molecular complexity index is 929. The summed E-state index contributed by atoms with van der Waals surface area (Å²) >= 11 is 0. The summed E-state index contributed by atoms with van der Waals surface area (Å²) in [5, 5.41) is 0. The van der Waals surface area contributed by atoms with E-state index in [0.717, 1.165) is 11.3 Å². The lowest BCUT2D eigenvalue weighted by atomic mass is 9.93. The number of pyridine rings is 1. The monoisotopic (exact) mass is 307 g/mol. The third-order valence-electron chi connectivity index (χ3n) is 4.15. The summed E-state index contributed by atoms with van der Waals surface area (Å²) in [4.78, 5) is 4.57. The van der Waals surface area contributed by atoms with Crippen molar-refractivity contribution in [3.63, 3.8) is 0 Å². The zero-order valence-corrected chi connectivity index (χ0v) is 13.3. The molecule has 0 saturated carbocycles. The van der Waals surface area contributed by atoms with Gasteiger partial charge in [0.2, 0.25) is 0 Å². The molecule has 3 aromatic carbocycles. The normalized spacial score (nSPS) is 10.5. The molecule has 1 heteroatoms. The second-order valence-electron chi connectivity index (χ2n) is 5.71. The fraction of sp³-hybridized carbons (Fsp3) is 0. The third kappa shape index (κ3) is 2.84. The molecule has 0 radical (unpaired) electrons. The number of rotatable bonds is 3. The lowest BCUT2D eigenvalue weighted by molar-refractivity contribution is 1.33. The second-order valence-corrected chi connectivity index (χ2v) is 5.71. The minimum atomic E-state index is 0.995. The molecule has 0 aliphatic carbocycles. The number of nitrogens with zero attached hydrogens (tertiary/aromatic N) is 1. The summed E-state index contributed by atoms with van der Waals surface area (Å²) in [7, 11) is 0. The van der Waals surface area contributed by atoms with Crippen LogP contribution < -0.4 is 0 Å². The van der Waals surface area contributed by atoms with Crippen LogP contribution in [0.5, 0.6) is 0 Å². The van der Waals surface area contributed by atoms with Crippen molar-refractivity contribution in [1.29, 1.82) is 0 Å². The first kappa shape index (κ1) is 14.4. The molecule has 114 valence electrons. The number of hydrogen-bond acceptors (Lipinski definition) is 1. The molecule has 1 nitrogen and oxygen atoms in total. The van der Waals surface area contributed by atoms with Gasteiger partial charge in [0.05, 0.1) is 5.69 Å². The van der Waals surface area contributed by atoms with E-state index in [9.17, 15) is 0 Å². The highest BCUT2D eigenvalue weighted by Crippen LogP contribution is 2.34.